The zero-order valence-electron chi connectivity index (χ0n) is 11.0. The maximum absolute atomic E-state index is 13.0. The highest BCUT2D eigenvalue weighted by atomic mass is 19.4. The van der Waals surface area contributed by atoms with Gasteiger partial charge in [0.15, 0.2) is 0 Å². The molecule has 0 saturated carbocycles. The van der Waals surface area contributed by atoms with Gasteiger partial charge in [0.05, 0.1) is 5.56 Å². The second-order valence-corrected chi connectivity index (χ2v) is 6.10. The first-order valence-electron chi connectivity index (χ1n) is 5.93. The summed E-state index contributed by atoms with van der Waals surface area (Å²) in [6, 6.07) is 4.25. The minimum Gasteiger partial charge on any atom is -0.487 e. The van der Waals surface area contributed by atoms with Gasteiger partial charge >= 0.3 is 6.18 Å². The summed E-state index contributed by atoms with van der Waals surface area (Å²) in [7, 11) is 0. The lowest BCUT2D eigenvalue weighted by Crippen LogP contribution is -2.42. The molecule has 1 heterocycles. The number of halogens is 3. The number of hydrogen-bond donors (Lipinski definition) is 0. The molecule has 0 spiro atoms. The number of alkyl halides is 3. The van der Waals surface area contributed by atoms with Gasteiger partial charge in [0.25, 0.3) is 0 Å². The Labute approximate surface area is 105 Å². The summed E-state index contributed by atoms with van der Waals surface area (Å²) in [5.74, 6) is -0.00810. The summed E-state index contributed by atoms with van der Waals surface area (Å²) in [5, 5.41) is 0. The highest BCUT2D eigenvalue weighted by Crippen LogP contribution is 2.49. The van der Waals surface area contributed by atoms with E-state index in [2.05, 4.69) is 0 Å². The first-order valence-corrected chi connectivity index (χ1v) is 5.93. The van der Waals surface area contributed by atoms with Crippen LogP contribution in [-0.2, 0) is 11.6 Å². The van der Waals surface area contributed by atoms with Crippen LogP contribution in [0.5, 0.6) is 5.75 Å². The second-order valence-electron chi connectivity index (χ2n) is 6.10. The first kappa shape index (κ1) is 13.2. The molecule has 0 aliphatic carbocycles. The molecule has 0 amide bonds. The Hall–Kier alpha value is -1.19. The fourth-order valence-corrected chi connectivity index (χ4v) is 2.88. The average molecular weight is 258 g/mol. The van der Waals surface area contributed by atoms with E-state index in [4.69, 9.17) is 4.74 Å². The quantitative estimate of drug-likeness (QED) is 0.663. The molecule has 1 aliphatic heterocycles. The number of ether oxygens (including phenoxy) is 1. The molecule has 0 unspecified atom stereocenters. The maximum atomic E-state index is 13.0. The summed E-state index contributed by atoms with van der Waals surface area (Å²) in [6.45, 7) is 7.56. The first-order chi connectivity index (χ1) is 8.03. The van der Waals surface area contributed by atoms with E-state index in [0.717, 1.165) is 6.07 Å². The fraction of sp³-hybridized carbons (Fsp3) is 0.571. The molecule has 1 aromatic carbocycles. The predicted octanol–water partition coefficient (Wildman–Crippen LogP) is 4.54. The Morgan fingerprint density at radius 3 is 2.28 bits per heavy atom. The molecule has 0 bridgehead atoms. The van der Waals surface area contributed by atoms with E-state index in [-0.39, 0.29) is 11.2 Å². The van der Waals surface area contributed by atoms with Crippen molar-refractivity contribution in [2.45, 2.75) is 51.3 Å². The number of benzene rings is 1. The minimum absolute atomic E-state index is 0.00810. The largest absolute Gasteiger partial charge is 0.487 e. The monoisotopic (exact) mass is 258 g/mol. The number of fused-ring (bicyclic) bond motifs is 1. The van der Waals surface area contributed by atoms with Gasteiger partial charge in [-0.05, 0) is 31.7 Å². The molecule has 0 saturated heterocycles. The Balaban J connectivity index is 2.66. The van der Waals surface area contributed by atoms with E-state index in [0.29, 0.717) is 12.0 Å². The van der Waals surface area contributed by atoms with Crippen molar-refractivity contribution in [2.24, 2.45) is 0 Å². The van der Waals surface area contributed by atoms with Crippen LogP contribution in [0.15, 0.2) is 18.2 Å². The lowest BCUT2D eigenvalue weighted by molar-refractivity contribution is -0.140. The van der Waals surface area contributed by atoms with E-state index in [1.54, 1.807) is 6.07 Å². The van der Waals surface area contributed by atoms with Gasteiger partial charge in [-0.1, -0.05) is 26.0 Å². The molecule has 2 rings (SSSR count). The zero-order valence-corrected chi connectivity index (χ0v) is 11.0. The summed E-state index contributed by atoms with van der Waals surface area (Å²) >= 11 is 0. The zero-order chi connectivity index (χ0) is 13.8. The van der Waals surface area contributed by atoms with Crippen LogP contribution in [0, 0.1) is 0 Å². The summed E-state index contributed by atoms with van der Waals surface area (Å²) < 4.78 is 44.6. The lowest BCUT2D eigenvalue weighted by atomic mass is 9.73. The van der Waals surface area contributed by atoms with Crippen molar-refractivity contribution in [3.63, 3.8) is 0 Å². The highest BCUT2D eigenvalue weighted by molar-refractivity contribution is 5.49. The minimum atomic E-state index is -4.38. The van der Waals surface area contributed by atoms with Crippen molar-refractivity contribution in [1.29, 1.82) is 0 Å². The molecule has 0 aromatic heterocycles. The Morgan fingerprint density at radius 2 is 1.72 bits per heavy atom. The van der Waals surface area contributed by atoms with Crippen LogP contribution in [0.2, 0.25) is 0 Å². The van der Waals surface area contributed by atoms with Gasteiger partial charge in [-0.2, -0.15) is 13.2 Å². The van der Waals surface area contributed by atoms with Gasteiger partial charge in [0.2, 0.25) is 0 Å². The van der Waals surface area contributed by atoms with Crippen molar-refractivity contribution in [3.8, 4) is 5.75 Å². The molecule has 1 aliphatic rings. The van der Waals surface area contributed by atoms with Crippen LogP contribution >= 0.6 is 0 Å². The molecule has 0 fully saturated rings. The third kappa shape index (κ3) is 2.20. The van der Waals surface area contributed by atoms with Crippen LogP contribution in [0.1, 0.15) is 45.2 Å². The van der Waals surface area contributed by atoms with Crippen molar-refractivity contribution in [1.82, 2.24) is 0 Å². The third-order valence-electron chi connectivity index (χ3n) is 3.30. The van der Waals surface area contributed by atoms with E-state index >= 15 is 0 Å². The average Bonchev–Trinajstić information content (AvgIpc) is 2.11. The van der Waals surface area contributed by atoms with Crippen molar-refractivity contribution in [2.75, 3.05) is 0 Å². The molecular formula is C14H17F3O. The van der Waals surface area contributed by atoms with Crippen LogP contribution in [-0.4, -0.2) is 5.60 Å². The summed E-state index contributed by atoms with van der Waals surface area (Å²) in [6.07, 6.45) is -3.69. The Morgan fingerprint density at radius 1 is 1.11 bits per heavy atom. The molecule has 0 radical (unpaired) electrons. The van der Waals surface area contributed by atoms with Crippen LogP contribution in [0.3, 0.4) is 0 Å². The molecule has 4 heteroatoms. The number of hydrogen-bond acceptors (Lipinski definition) is 1. The topological polar surface area (TPSA) is 9.23 Å². The van der Waals surface area contributed by atoms with Gasteiger partial charge in [-0.25, -0.2) is 0 Å². The van der Waals surface area contributed by atoms with Crippen molar-refractivity contribution < 1.29 is 17.9 Å². The molecule has 0 N–H and O–H groups in total. The van der Waals surface area contributed by atoms with Gasteiger partial charge in [-0.15, -0.1) is 0 Å². The molecule has 18 heavy (non-hydrogen) atoms. The van der Waals surface area contributed by atoms with Crippen LogP contribution in [0.4, 0.5) is 13.2 Å². The summed E-state index contributed by atoms with van der Waals surface area (Å²) in [4.78, 5) is 0. The molecule has 1 aromatic rings. The SMILES string of the molecule is CC1(C)CC(C)(C)c2cccc(C(F)(F)F)c2O1. The maximum Gasteiger partial charge on any atom is 0.419 e. The summed E-state index contributed by atoms with van der Waals surface area (Å²) in [5.41, 5.74) is -0.951. The smallest absolute Gasteiger partial charge is 0.419 e. The third-order valence-corrected chi connectivity index (χ3v) is 3.30. The van der Waals surface area contributed by atoms with Crippen LogP contribution in [0.25, 0.3) is 0 Å². The molecule has 0 atom stereocenters. The molecule has 100 valence electrons. The van der Waals surface area contributed by atoms with Gasteiger partial charge in [0.1, 0.15) is 11.4 Å². The van der Waals surface area contributed by atoms with E-state index < -0.39 is 17.3 Å². The fourth-order valence-electron chi connectivity index (χ4n) is 2.88. The van der Waals surface area contributed by atoms with Gasteiger partial charge in [-0.3, -0.25) is 0 Å². The van der Waals surface area contributed by atoms with E-state index in [1.165, 1.54) is 6.07 Å². The number of rotatable bonds is 0. The molecular weight excluding hydrogens is 241 g/mol. The van der Waals surface area contributed by atoms with Crippen molar-refractivity contribution in [3.05, 3.63) is 29.3 Å². The lowest BCUT2D eigenvalue weighted by Gasteiger charge is -2.43. The van der Waals surface area contributed by atoms with Gasteiger partial charge in [0, 0.05) is 5.56 Å². The highest BCUT2D eigenvalue weighted by Gasteiger charge is 2.44. The Kier molecular flexibility index (Phi) is 2.69. The van der Waals surface area contributed by atoms with E-state index in [9.17, 15) is 13.2 Å². The standard InChI is InChI=1S/C14H17F3O/c1-12(2)8-13(3,4)18-11-9(12)6-5-7-10(11)14(15,16)17/h5-7H,8H2,1-4H3. The van der Waals surface area contributed by atoms with E-state index in [1.807, 2.05) is 27.7 Å². The number of para-hydroxylation sites is 1. The Bertz CT molecular complexity index is 458. The van der Waals surface area contributed by atoms with Crippen LogP contribution < -0.4 is 4.74 Å². The second kappa shape index (κ2) is 3.65. The predicted molar refractivity (Wildman–Crippen MR) is 63.8 cm³/mol. The van der Waals surface area contributed by atoms with Crippen molar-refractivity contribution >= 4 is 0 Å². The molecule has 1 nitrogen and oxygen atoms in total. The normalized spacial score (nSPS) is 21.1. The van der Waals surface area contributed by atoms with Gasteiger partial charge < -0.3 is 4.74 Å².